The van der Waals surface area contributed by atoms with E-state index in [0.717, 1.165) is 25.3 Å². The van der Waals surface area contributed by atoms with Crippen molar-refractivity contribution in [3.05, 3.63) is 0 Å². The number of amides is 2. The normalized spacial score (nSPS) is 18.6. The van der Waals surface area contributed by atoms with Gasteiger partial charge in [0.15, 0.2) is 5.96 Å². The van der Waals surface area contributed by atoms with Gasteiger partial charge in [0, 0.05) is 39.8 Å². The predicted octanol–water partition coefficient (Wildman–Crippen LogP) is 3.04. The Bertz CT molecular complexity index is 631. The zero-order chi connectivity index (χ0) is 22.5. The fourth-order valence-electron chi connectivity index (χ4n) is 3.32. The Balaban J connectivity index is 0.00000480. The Morgan fingerprint density at radius 2 is 1.42 bits per heavy atom. The number of rotatable bonds is 3. The second-order valence-corrected chi connectivity index (χ2v) is 10.1. The van der Waals surface area contributed by atoms with Crippen molar-refractivity contribution in [3.63, 3.8) is 0 Å². The average Bonchev–Trinajstić information content (AvgIpc) is 2.57. The zero-order valence-corrected chi connectivity index (χ0v) is 22.3. The Morgan fingerprint density at radius 3 is 1.87 bits per heavy atom. The van der Waals surface area contributed by atoms with E-state index in [2.05, 4.69) is 15.6 Å². The van der Waals surface area contributed by atoms with Gasteiger partial charge in [-0.05, 0) is 60.3 Å². The number of nitrogens with zero attached hydrogens (tertiary/aromatic N) is 3. The van der Waals surface area contributed by atoms with Crippen molar-refractivity contribution in [2.24, 2.45) is 10.9 Å². The Morgan fingerprint density at radius 1 is 0.935 bits per heavy atom. The maximum absolute atomic E-state index is 12.2. The molecule has 0 aromatic carbocycles. The molecule has 2 N–H and O–H groups in total. The summed E-state index contributed by atoms with van der Waals surface area (Å²) in [6.45, 7) is 14.7. The van der Waals surface area contributed by atoms with E-state index < -0.39 is 11.2 Å². The quantitative estimate of drug-likeness (QED) is 0.317. The van der Waals surface area contributed by atoms with Gasteiger partial charge >= 0.3 is 12.2 Å². The summed E-state index contributed by atoms with van der Waals surface area (Å²) in [5.41, 5.74) is -0.944. The molecule has 0 radical (unpaired) electrons. The lowest BCUT2D eigenvalue weighted by atomic mass is 9.97. The van der Waals surface area contributed by atoms with Crippen LogP contribution in [0.4, 0.5) is 9.59 Å². The summed E-state index contributed by atoms with van der Waals surface area (Å²) >= 11 is 0. The number of aliphatic imine (C=N–C) groups is 1. The molecule has 0 aromatic heterocycles. The van der Waals surface area contributed by atoms with Gasteiger partial charge in [0.1, 0.15) is 11.2 Å². The Kier molecular flexibility index (Phi) is 10.2. The van der Waals surface area contributed by atoms with E-state index in [-0.39, 0.29) is 42.2 Å². The van der Waals surface area contributed by atoms with E-state index in [1.165, 1.54) is 0 Å². The standard InChI is InChI=1S/C21H39N5O4.HI/c1-20(2,3)29-18(27)25-10-8-15(9-11-25)12-23-17(22-7)24-16-13-26(14-16)19(28)30-21(4,5)6;/h15-16H,8-14H2,1-7H3,(H2,22,23,24);1H. The van der Waals surface area contributed by atoms with Crippen LogP contribution in [0.1, 0.15) is 54.4 Å². The van der Waals surface area contributed by atoms with Gasteiger partial charge in [0.05, 0.1) is 6.04 Å². The zero-order valence-electron chi connectivity index (χ0n) is 20.0. The van der Waals surface area contributed by atoms with Crippen LogP contribution in [-0.4, -0.2) is 85.0 Å². The van der Waals surface area contributed by atoms with E-state index in [4.69, 9.17) is 9.47 Å². The molecule has 180 valence electrons. The first-order chi connectivity index (χ1) is 13.9. The van der Waals surface area contributed by atoms with E-state index >= 15 is 0 Å². The molecule has 2 heterocycles. The van der Waals surface area contributed by atoms with E-state index in [0.29, 0.717) is 32.1 Å². The Labute approximate surface area is 203 Å². The summed E-state index contributed by atoms with van der Waals surface area (Å²) in [5, 5.41) is 6.72. The topological polar surface area (TPSA) is 95.5 Å². The molecule has 2 rings (SSSR count). The third-order valence-corrected chi connectivity index (χ3v) is 4.92. The molecular formula is C21H40IN5O4. The van der Waals surface area contributed by atoms with E-state index in [1.54, 1.807) is 16.8 Å². The lowest BCUT2D eigenvalue weighted by Gasteiger charge is -2.40. The second-order valence-electron chi connectivity index (χ2n) is 10.1. The summed E-state index contributed by atoms with van der Waals surface area (Å²) < 4.78 is 10.8. The van der Waals surface area contributed by atoms with Crippen LogP contribution in [0.5, 0.6) is 0 Å². The molecule has 2 aliphatic rings. The molecule has 0 spiro atoms. The molecule has 9 nitrogen and oxygen atoms in total. The minimum absolute atomic E-state index is 0. The van der Waals surface area contributed by atoms with Crippen LogP contribution >= 0.6 is 24.0 Å². The number of piperidine rings is 1. The first kappa shape index (κ1) is 27.6. The molecule has 0 aliphatic carbocycles. The van der Waals surface area contributed by atoms with Gasteiger partial charge < -0.3 is 29.9 Å². The monoisotopic (exact) mass is 553 g/mol. The highest BCUT2D eigenvalue weighted by molar-refractivity contribution is 14.0. The van der Waals surface area contributed by atoms with Crippen LogP contribution in [0, 0.1) is 5.92 Å². The number of halogens is 1. The van der Waals surface area contributed by atoms with Crippen molar-refractivity contribution in [2.45, 2.75) is 71.6 Å². The van der Waals surface area contributed by atoms with E-state index in [1.807, 2.05) is 41.5 Å². The van der Waals surface area contributed by atoms with Crippen LogP contribution in [-0.2, 0) is 9.47 Å². The fraction of sp³-hybridized carbons (Fsp3) is 0.857. The van der Waals surface area contributed by atoms with Crippen molar-refractivity contribution in [3.8, 4) is 0 Å². The van der Waals surface area contributed by atoms with Crippen molar-refractivity contribution < 1.29 is 19.1 Å². The maximum Gasteiger partial charge on any atom is 0.410 e. The predicted molar refractivity (Wildman–Crippen MR) is 132 cm³/mol. The van der Waals surface area contributed by atoms with Crippen molar-refractivity contribution in [2.75, 3.05) is 39.8 Å². The number of carbonyl (C=O) groups excluding carboxylic acids is 2. The molecule has 2 aliphatic heterocycles. The minimum Gasteiger partial charge on any atom is -0.444 e. The molecule has 2 fully saturated rings. The van der Waals surface area contributed by atoms with Gasteiger partial charge in [-0.25, -0.2) is 9.59 Å². The molecule has 2 saturated heterocycles. The van der Waals surface area contributed by atoms with Gasteiger partial charge in [-0.15, -0.1) is 24.0 Å². The summed E-state index contributed by atoms with van der Waals surface area (Å²) in [5.74, 6) is 1.21. The summed E-state index contributed by atoms with van der Waals surface area (Å²) in [6, 6.07) is 0.165. The molecule has 0 atom stereocenters. The lowest BCUT2D eigenvalue weighted by Crippen LogP contribution is -2.63. The third kappa shape index (κ3) is 9.69. The van der Waals surface area contributed by atoms with E-state index in [9.17, 15) is 9.59 Å². The summed E-state index contributed by atoms with van der Waals surface area (Å²) in [6.07, 6.45) is 1.35. The second kappa shape index (κ2) is 11.4. The van der Waals surface area contributed by atoms with Crippen LogP contribution in [0.25, 0.3) is 0 Å². The van der Waals surface area contributed by atoms with Crippen LogP contribution in [0.15, 0.2) is 4.99 Å². The van der Waals surface area contributed by atoms with Gasteiger partial charge in [-0.3, -0.25) is 4.99 Å². The fourth-order valence-corrected chi connectivity index (χ4v) is 3.32. The molecule has 0 bridgehead atoms. The first-order valence-electron chi connectivity index (χ1n) is 10.8. The van der Waals surface area contributed by atoms with Crippen LogP contribution in [0.3, 0.4) is 0 Å². The van der Waals surface area contributed by atoms with Gasteiger partial charge in [-0.2, -0.15) is 0 Å². The number of likely N-dealkylation sites (tertiary alicyclic amines) is 2. The average molecular weight is 553 g/mol. The smallest absolute Gasteiger partial charge is 0.410 e. The minimum atomic E-state index is -0.480. The van der Waals surface area contributed by atoms with Crippen molar-refractivity contribution in [1.29, 1.82) is 0 Å². The van der Waals surface area contributed by atoms with Crippen molar-refractivity contribution in [1.82, 2.24) is 20.4 Å². The molecular weight excluding hydrogens is 513 g/mol. The molecule has 31 heavy (non-hydrogen) atoms. The highest BCUT2D eigenvalue weighted by Gasteiger charge is 2.34. The number of hydrogen-bond donors (Lipinski definition) is 2. The number of guanidine groups is 1. The van der Waals surface area contributed by atoms with Gasteiger partial charge in [-0.1, -0.05) is 0 Å². The number of hydrogen-bond acceptors (Lipinski definition) is 5. The summed E-state index contributed by atoms with van der Waals surface area (Å²) in [7, 11) is 1.74. The van der Waals surface area contributed by atoms with Crippen LogP contribution < -0.4 is 10.6 Å². The van der Waals surface area contributed by atoms with Crippen molar-refractivity contribution >= 4 is 42.1 Å². The highest BCUT2D eigenvalue weighted by Crippen LogP contribution is 2.19. The Hall–Kier alpha value is -1.46. The third-order valence-electron chi connectivity index (χ3n) is 4.92. The molecule has 0 unspecified atom stereocenters. The maximum atomic E-state index is 12.2. The lowest BCUT2D eigenvalue weighted by molar-refractivity contribution is 0.00698. The number of carbonyl (C=O) groups is 2. The number of nitrogens with one attached hydrogen (secondary N) is 2. The highest BCUT2D eigenvalue weighted by atomic mass is 127. The largest absolute Gasteiger partial charge is 0.444 e. The van der Waals surface area contributed by atoms with Gasteiger partial charge in [0.2, 0.25) is 0 Å². The molecule has 10 heteroatoms. The van der Waals surface area contributed by atoms with Crippen LogP contribution in [0.2, 0.25) is 0 Å². The molecule has 0 aromatic rings. The SMILES string of the molecule is CN=C(NCC1CCN(C(=O)OC(C)(C)C)CC1)NC1CN(C(=O)OC(C)(C)C)C1.I. The first-order valence-corrected chi connectivity index (χ1v) is 10.8. The van der Waals surface area contributed by atoms with Gasteiger partial charge in [0.25, 0.3) is 0 Å². The number of ether oxygens (including phenoxy) is 2. The molecule has 0 saturated carbocycles. The molecule has 2 amide bonds. The summed E-state index contributed by atoms with van der Waals surface area (Å²) in [4.78, 5) is 31.9.